The fourth-order valence-electron chi connectivity index (χ4n) is 5.60. The summed E-state index contributed by atoms with van der Waals surface area (Å²) in [4.78, 5) is 72.8. The molecule has 0 aliphatic heterocycles. The lowest BCUT2D eigenvalue weighted by atomic mass is 9.79. The van der Waals surface area contributed by atoms with Crippen LogP contribution in [0, 0.1) is 6.92 Å². The molecule has 1 aliphatic rings. The van der Waals surface area contributed by atoms with Crippen LogP contribution in [0.2, 0.25) is 0 Å². The lowest BCUT2D eigenvalue weighted by molar-refractivity contribution is -0.140. The number of nitrogens with one attached hydrogen (secondary N) is 2. The number of carboxylic acid groups (broad SMARTS) is 2. The average molecular weight is 610 g/mol. The number of aromatic nitrogens is 3. The maximum Gasteiger partial charge on any atom is 0.340 e. The average Bonchev–Trinajstić information content (AvgIpc) is 3.45. The lowest BCUT2D eigenvalue weighted by Crippen LogP contribution is -2.47. The fraction of sp³-hybridized carbons (Fsp3) is 0.467. The minimum Gasteiger partial charge on any atom is -0.481 e. The molecule has 1 aliphatic carbocycles. The minimum atomic E-state index is -1.30. The number of fused-ring (bicyclic) bond motifs is 1. The van der Waals surface area contributed by atoms with Crippen LogP contribution in [0.4, 0.5) is 5.69 Å². The quantitative estimate of drug-likeness (QED) is 0.207. The number of anilines is 1. The number of nitrogens with zero attached hydrogens (tertiary/aromatic N) is 3. The summed E-state index contributed by atoms with van der Waals surface area (Å²) in [7, 11) is 0. The summed E-state index contributed by atoms with van der Waals surface area (Å²) in [6.07, 6.45) is 4.54. The number of ketones is 1. The molecule has 1 atom stereocenters. The van der Waals surface area contributed by atoms with Crippen molar-refractivity contribution in [2.75, 3.05) is 5.32 Å². The van der Waals surface area contributed by atoms with Crippen LogP contribution in [0.3, 0.4) is 0 Å². The standard InChI is InChI=1S/C30H35N5O9/c1-17(36)13-21-18(2)20-10-9-19(14-23(20)44-29(21)43)31-28(42)22(15-27(40)41)35-16-24(33-34-35)30(11-4-3-5-12-30)32-25(37)7-6-8-26(38)39/h9-10,14,16,22H,3-8,11-13,15H2,1-2H3,(H,31,42)(H,32,37)(H,38,39)(H,40,41)/t22-/m0/s1. The van der Waals surface area contributed by atoms with Gasteiger partial charge < -0.3 is 25.3 Å². The van der Waals surface area contributed by atoms with Gasteiger partial charge in [0.15, 0.2) is 0 Å². The Balaban J connectivity index is 1.58. The van der Waals surface area contributed by atoms with Crippen molar-refractivity contribution in [2.24, 2.45) is 0 Å². The molecule has 1 saturated carbocycles. The van der Waals surface area contributed by atoms with Crippen LogP contribution in [0.1, 0.15) is 87.6 Å². The normalized spacial score (nSPS) is 15.0. The molecule has 2 heterocycles. The first-order chi connectivity index (χ1) is 20.9. The van der Waals surface area contributed by atoms with Crippen LogP contribution < -0.4 is 16.3 Å². The maximum atomic E-state index is 13.4. The van der Waals surface area contributed by atoms with Crippen molar-refractivity contribution in [2.45, 2.75) is 89.6 Å². The third-order valence-electron chi connectivity index (χ3n) is 7.85. The molecular weight excluding hydrogens is 574 g/mol. The van der Waals surface area contributed by atoms with Crippen molar-refractivity contribution in [1.82, 2.24) is 20.3 Å². The monoisotopic (exact) mass is 609 g/mol. The van der Waals surface area contributed by atoms with Gasteiger partial charge in [0.1, 0.15) is 23.1 Å². The molecule has 14 heteroatoms. The van der Waals surface area contributed by atoms with Gasteiger partial charge in [-0.05, 0) is 50.8 Å². The van der Waals surface area contributed by atoms with E-state index in [4.69, 9.17) is 9.52 Å². The van der Waals surface area contributed by atoms with Gasteiger partial charge in [0.2, 0.25) is 11.8 Å². The van der Waals surface area contributed by atoms with Crippen LogP contribution in [-0.2, 0) is 35.9 Å². The van der Waals surface area contributed by atoms with Gasteiger partial charge in [-0.1, -0.05) is 24.5 Å². The van der Waals surface area contributed by atoms with E-state index in [1.165, 1.54) is 19.2 Å². The van der Waals surface area contributed by atoms with Crippen LogP contribution in [0.15, 0.2) is 33.6 Å². The molecule has 2 aromatic heterocycles. The molecule has 0 radical (unpaired) electrons. The van der Waals surface area contributed by atoms with Gasteiger partial charge in [-0.25, -0.2) is 9.48 Å². The third kappa shape index (κ3) is 7.54. The zero-order chi connectivity index (χ0) is 32.0. The first-order valence-electron chi connectivity index (χ1n) is 14.4. The first kappa shape index (κ1) is 32.0. The molecular formula is C30H35N5O9. The van der Waals surface area contributed by atoms with Crippen molar-refractivity contribution in [1.29, 1.82) is 0 Å². The van der Waals surface area contributed by atoms with Crippen LogP contribution >= 0.6 is 0 Å². The van der Waals surface area contributed by atoms with Gasteiger partial charge in [0, 0.05) is 42.0 Å². The molecule has 0 unspecified atom stereocenters. The van der Waals surface area contributed by atoms with Gasteiger partial charge in [0.05, 0.1) is 18.2 Å². The zero-order valence-electron chi connectivity index (χ0n) is 24.6. The number of rotatable bonds is 13. The smallest absolute Gasteiger partial charge is 0.340 e. The van der Waals surface area contributed by atoms with Crippen molar-refractivity contribution < 1.29 is 38.6 Å². The van der Waals surface area contributed by atoms with Gasteiger partial charge in [-0.3, -0.25) is 24.0 Å². The molecule has 4 rings (SSSR count). The molecule has 1 fully saturated rings. The Kier molecular flexibility index (Phi) is 9.91. The Labute approximate surface area is 251 Å². The van der Waals surface area contributed by atoms with Crippen molar-refractivity contribution >= 4 is 46.2 Å². The van der Waals surface area contributed by atoms with Crippen molar-refractivity contribution in [3.8, 4) is 0 Å². The molecule has 0 saturated heterocycles. The van der Waals surface area contributed by atoms with E-state index in [2.05, 4.69) is 20.9 Å². The molecule has 1 aromatic carbocycles. The molecule has 14 nitrogen and oxygen atoms in total. The molecule has 2 amide bonds. The second-order valence-electron chi connectivity index (χ2n) is 11.2. The molecule has 44 heavy (non-hydrogen) atoms. The number of carbonyl (C=O) groups is 5. The predicted molar refractivity (Wildman–Crippen MR) is 156 cm³/mol. The number of carboxylic acids is 2. The summed E-state index contributed by atoms with van der Waals surface area (Å²) in [5.74, 6) is -3.45. The van der Waals surface area contributed by atoms with E-state index in [-0.39, 0.29) is 54.2 Å². The Morgan fingerprint density at radius 1 is 1.07 bits per heavy atom. The number of carbonyl (C=O) groups excluding carboxylic acids is 3. The molecule has 0 bridgehead atoms. The summed E-state index contributed by atoms with van der Waals surface area (Å²) in [5, 5.41) is 33.0. The molecule has 4 N–H and O–H groups in total. The number of Topliss-reactive ketones (excluding diaryl/α,β-unsaturated/α-hetero) is 1. The van der Waals surface area contributed by atoms with Gasteiger partial charge in [0.25, 0.3) is 0 Å². The number of hydrogen-bond acceptors (Lipinski definition) is 9. The van der Waals surface area contributed by atoms with E-state index in [9.17, 15) is 33.9 Å². The van der Waals surface area contributed by atoms with E-state index >= 15 is 0 Å². The number of hydrogen-bond donors (Lipinski definition) is 4. The maximum absolute atomic E-state index is 13.4. The first-order valence-corrected chi connectivity index (χ1v) is 14.4. The lowest BCUT2D eigenvalue weighted by Gasteiger charge is -2.36. The topological polar surface area (TPSA) is 211 Å². The summed E-state index contributed by atoms with van der Waals surface area (Å²) < 4.78 is 6.57. The molecule has 3 aromatic rings. The largest absolute Gasteiger partial charge is 0.481 e. The zero-order valence-corrected chi connectivity index (χ0v) is 24.6. The van der Waals surface area contributed by atoms with Gasteiger partial charge >= 0.3 is 17.6 Å². The second kappa shape index (κ2) is 13.6. The highest BCUT2D eigenvalue weighted by atomic mass is 16.4. The highest BCUT2D eigenvalue weighted by Crippen LogP contribution is 2.36. The summed E-state index contributed by atoms with van der Waals surface area (Å²) >= 11 is 0. The second-order valence-corrected chi connectivity index (χ2v) is 11.2. The Bertz CT molecular complexity index is 1650. The molecule has 0 spiro atoms. The highest BCUT2D eigenvalue weighted by Gasteiger charge is 2.39. The minimum absolute atomic E-state index is 0.0235. The SMILES string of the molecule is CC(=O)Cc1c(C)c2ccc(NC(=O)[C@H](CC(=O)O)n3cc(C4(NC(=O)CCCC(=O)O)CCCCC4)nn3)cc2oc1=O. The van der Waals surface area contributed by atoms with E-state index < -0.39 is 41.5 Å². The van der Waals surface area contributed by atoms with E-state index in [0.717, 1.165) is 23.9 Å². The Hall–Kier alpha value is -4.88. The van der Waals surface area contributed by atoms with E-state index in [1.807, 2.05) is 0 Å². The van der Waals surface area contributed by atoms with E-state index in [1.54, 1.807) is 19.1 Å². The number of amides is 2. The van der Waals surface area contributed by atoms with Crippen LogP contribution in [0.25, 0.3) is 11.0 Å². The third-order valence-corrected chi connectivity index (χ3v) is 7.85. The van der Waals surface area contributed by atoms with Crippen LogP contribution in [0.5, 0.6) is 0 Å². The van der Waals surface area contributed by atoms with Crippen molar-refractivity contribution in [3.05, 3.63) is 51.6 Å². The highest BCUT2D eigenvalue weighted by molar-refractivity contribution is 5.97. The van der Waals surface area contributed by atoms with Gasteiger partial charge in [-0.15, -0.1) is 5.10 Å². The number of aryl methyl sites for hydroxylation is 1. The van der Waals surface area contributed by atoms with Gasteiger partial charge in [-0.2, -0.15) is 0 Å². The van der Waals surface area contributed by atoms with Crippen molar-refractivity contribution in [3.63, 3.8) is 0 Å². The summed E-state index contributed by atoms with van der Waals surface area (Å²) in [5.41, 5.74) is 0.141. The predicted octanol–water partition coefficient (Wildman–Crippen LogP) is 3.01. The molecule has 234 valence electrons. The number of aliphatic carboxylic acids is 2. The summed E-state index contributed by atoms with van der Waals surface area (Å²) in [6.45, 7) is 3.09. The van der Waals surface area contributed by atoms with Crippen LogP contribution in [-0.4, -0.2) is 54.7 Å². The Morgan fingerprint density at radius 2 is 1.80 bits per heavy atom. The summed E-state index contributed by atoms with van der Waals surface area (Å²) in [6, 6.07) is 3.36. The van der Waals surface area contributed by atoms with E-state index in [0.29, 0.717) is 29.5 Å². The number of benzene rings is 1. The Morgan fingerprint density at radius 3 is 2.45 bits per heavy atom. The fourth-order valence-corrected chi connectivity index (χ4v) is 5.60.